The van der Waals surface area contributed by atoms with Crippen molar-refractivity contribution in [1.29, 1.82) is 0 Å². The van der Waals surface area contributed by atoms with Crippen molar-refractivity contribution < 1.29 is 9.53 Å². The Morgan fingerprint density at radius 2 is 2.14 bits per heavy atom. The fraction of sp³-hybridized carbons (Fsp3) is 0.643. The van der Waals surface area contributed by atoms with Crippen molar-refractivity contribution in [1.82, 2.24) is 9.97 Å². The smallest absolute Gasteiger partial charge is 0.220 e. The average molecular weight is 313 g/mol. The largest absolute Gasteiger partial charge is 0.374 e. The summed E-state index contributed by atoms with van der Waals surface area (Å²) in [6.07, 6.45) is 3.43. The van der Waals surface area contributed by atoms with Gasteiger partial charge in [-0.3, -0.25) is 4.79 Å². The number of anilines is 1. The molecule has 1 fully saturated rings. The van der Waals surface area contributed by atoms with E-state index in [0.717, 1.165) is 25.7 Å². The summed E-state index contributed by atoms with van der Waals surface area (Å²) >= 11 is 6.00. The zero-order chi connectivity index (χ0) is 15.2. The van der Waals surface area contributed by atoms with Crippen LogP contribution in [0.1, 0.15) is 38.4 Å². The molecular weight excluding hydrogens is 292 g/mol. The van der Waals surface area contributed by atoms with E-state index in [0.29, 0.717) is 30.0 Å². The van der Waals surface area contributed by atoms with Gasteiger partial charge in [0.2, 0.25) is 5.91 Å². The summed E-state index contributed by atoms with van der Waals surface area (Å²) in [5.41, 5.74) is 5.34. The lowest BCUT2D eigenvalue weighted by Gasteiger charge is -2.27. The second kappa shape index (κ2) is 7.56. The van der Waals surface area contributed by atoms with E-state index in [1.165, 1.54) is 0 Å². The zero-order valence-electron chi connectivity index (χ0n) is 12.1. The maximum atomic E-state index is 11.2. The highest BCUT2D eigenvalue weighted by Gasteiger charge is 2.24. The van der Waals surface area contributed by atoms with Gasteiger partial charge in [0.15, 0.2) is 5.82 Å². The predicted molar refractivity (Wildman–Crippen MR) is 80.9 cm³/mol. The number of nitrogens with two attached hydrogens (primary N) is 1. The van der Waals surface area contributed by atoms with Crippen molar-refractivity contribution in [3.63, 3.8) is 0 Å². The van der Waals surface area contributed by atoms with E-state index < -0.39 is 0 Å². The van der Waals surface area contributed by atoms with Crippen molar-refractivity contribution in [3.8, 4) is 0 Å². The first kappa shape index (κ1) is 16.0. The Bertz CT molecular complexity index is 490. The van der Waals surface area contributed by atoms with Crippen LogP contribution in [-0.2, 0) is 16.1 Å². The van der Waals surface area contributed by atoms with Gasteiger partial charge in [0.25, 0.3) is 0 Å². The molecule has 1 heterocycles. The summed E-state index contributed by atoms with van der Waals surface area (Å²) in [7, 11) is 0. The van der Waals surface area contributed by atoms with E-state index in [4.69, 9.17) is 22.1 Å². The van der Waals surface area contributed by atoms with Gasteiger partial charge in [0.05, 0.1) is 0 Å². The second-order valence-corrected chi connectivity index (χ2v) is 5.61. The van der Waals surface area contributed by atoms with Gasteiger partial charge in [-0.15, -0.1) is 0 Å². The number of aromatic nitrogens is 2. The molecular formula is C14H21ClN4O2. The maximum absolute atomic E-state index is 11.2. The molecule has 0 radical (unpaired) electrons. The number of nitrogens with one attached hydrogen (secondary N) is 1. The highest BCUT2D eigenvalue weighted by Crippen LogP contribution is 2.26. The predicted octanol–water partition coefficient (Wildman–Crippen LogP) is 2.12. The van der Waals surface area contributed by atoms with Gasteiger partial charge >= 0.3 is 0 Å². The summed E-state index contributed by atoms with van der Waals surface area (Å²) in [6, 6.07) is 1.99. The van der Waals surface area contributed by atoms with Crippen LogP contribution in [-0.4, -0.2) is 28.5 Å². The van der Waals surface area contributed by atoms with Crippen LogP contribution in [0.4, 0.5) is 5.82 Å². The summed E-state index contributed by atoms with van der Waals surface area (Å²) in [5.74, 6) is 1.08. The van der Waals surface area contributed by atoms with Gasteiger partial charge in [-0.2, -0.15) is 0 Å². The standard InChI is InChI=1S/C14H21ClN4O2/c1-2-21-8-13-18-11(15)7-12(19-13)17-10-5-3-9(4-6-10)14(16)20/h7,9-10H,2-6,8H2,1H3,(H2,16,20)(H,17,18,19). The Kier molecular flexibility index (Phi) is 5.76. The van der Waals surface area contributed by atoms with Crippen molar-refractivity contribution >= 4 is 23.3 Å². The number of primary amides is 1. The third kappa shape index (κ3) is 4.82. The number of hydrogen-bond acceptors (Lipinski definition) is 5. The number of ether oxygens (including phenoxy) is 1. The van der Waals surface area contributed by atoms with Crippen LogP contribution in [0.5, 0.6) is 0 Å². The molecule has 0 spiro atoms. The monoisotopic (exact) mass is 312 g/mol. The Labute approximate surface area is 129 Å². The fourth-order valence-corrected chi connectivity index (χ4v) is 2.73. The molecule has 0 unspecified atom stereocenters. The highest BCUT2D eigenvalue weighted by molar-refractivity contribution is 6.29. The molecule has 0 saturated heterocycles. The van der Waals surface area contributed by atoms with Crippen molar-refractivity contribution in [3.05, 3.63) is 17.0 Å². The Balaban J connectivity index is 1.93. The lowest BCUT2D eigenvalue weighted by atomic mass is 9.85. The maximum Gasteiger partial charge on any atom is 0.220 e. The van der Waals surface area contributed by atoms with Crippen molar-refractivity contribution in [2.45, 2.75) is 45.3 Å². The van der Waals surface area contributed by atoms with Crippen molar-refractivity contribution in [2.75, 3.05) is 11.9 Å². The summed E-state index contributed by atoms with van der Waals surface area (Å²) in [5, 5.41) is 3.75. The van der Waals surface area contributed by atoms with Crippen LogP contribution in [0.2, 0.25) is 5.15 Å². The van der Waals surface area contributed by atoms with Gasteiger partial charge in [-0.05, 0) is 32.6 Å². The quantitative estimate of drug-likeness (QED) is 0.785. The lowest BCUT2D eigenvalue weighted by molar-refractivity contribution is -0.122. The average Bonchev–Trinajstić information content (AvgIpc) is 2.45. The Morgan fingerprint density at radius 3 is 2.76 bits per heavy atom. The van der Waals surface area contributed by atoms with Crippen LogP contribution in [0, 0.1) is 5.92 Å². The number of nitrogens with zero attached hydrogens (tertiary/aromatic N) is 2. The van der Waals surface area contributed by atoms with Crippen LogP contribution < -0.4 is 11.1 Å². The molecule has 116 valence electrons. The molecule has 0 bridgehead atoms. The van der Waals surface area contributed by atoms with E-state index in [1.807, 2.05) is 6.92 Å². The first-order valence-corrected chi connectivity index (χ1v) is 7.63. The number of amides is 1. The van der Waals surface area contributed by atoms with Crippen molar-refractivity contribution in [2.24, 2.45) is 11.7 Å². The summed E-state index contributed by atoms with van der Waals surface area (Å²) in [4.78, 5) is 19.7. The number of carbonyl (C=O) groups excluding carboxylic acids is 1. The molecule has 0 aromatic carbocycles. The first-order valence-electron chi connectivity index (χ1n) is 7.25. The Morgan fingerprint density at radius 1 is 1.43 bits per heavy atom. The molecule has 1 aliphatic rings. The number of hydrogen-bond donors (Lipinski definition) is 2. The molecule has 21 heavy (non-hydrogen) atoms. The molecule has 1 aromatic rings. The van der Waals surface area contributed by atoms with E-state index in [-0.39, 0.29) is 17.9 Å². The summed E-state index contributed by atoms with van der Waals surface area (Å²) < 4.78 is 5.30. The molecule has 2 rings (SSSR count). The normalized spacial score (nSPS) is 22.0. The van der Waals surface area contributed by atoms with Crippen LogP contribution >= 0.6 is 11.6 Å². The van der Waals surface area contributed by atoms with Crippen LogP contribution in [0.25, 0.3) is 0 Å². The van der Waals surface area contributed by atoms with E-state index in [1.54, 1.807) is 6.07 Å². The molecule has 1 saturated carbocycles. The number of rotatable bonds is 6. The minimum atomic E-state index is -0.197. The number of carbonyl (C=O) groups is 1. The van der Waals surface area contributed by atoms with Gasteiger partial charge in [-0.1, -0.05) is 11.6 Å². The lowest BCUT2D eigenvalue weighted by Crippen LogP contribution is -2.32. The van der Waals surface area contributed by atoms with Gasteiger partial charge in [0, 0.05) is 24.6 Å². The second-order valence-electron chi connectivity index (χ2n) is 5.22. The molecule has 7 heteroatoms. The van der Waals surface area contributed by atoms with Crippen LogP contribution in [0.3, 0.4) is 0 Å². The molecule has 1 amide bonds. The first-order chi connectivity index (χ1) is 10.1. The molecule has 6 nitrogen and oxygen atoms in total. The third-order valence-electron chi connectivity index (χ3n) is 3.66. The topological polar surface area (TPSA) is 90.1 Å². The molecule has 0 aliphatic heterocycles. The fourth-order valence-electron chi connectivity index (χ4n) is 2.53. The van der Waals surface area contributed by atoms with E-state index >= 15 is 0 Å². The van der Waals surface area contributed by atoms with Crippen LogP contribution in [0.15, 0.2) is 6.07 Å². The zero-order valence-corrected chi connectivity index (χ0v) is 12.9. The molecule has 1 aliphatic carbocycles. The van der Waals surface area contributed by atoms with Gasteiger partial charge < -0.3 is 15.8 Å². The summed E-state index contributed by atoms with van der Waals surface area (Å²) in [6.45, 7) is 2.87. The highest BCUT2D eigenvalue weighted by atomic mass is 35.5. The number of halogens is 1. The SMILES string of the molecule is CCOCc1nc(Cl)cc(NC2CCC(C(N)=O)CC2)n1. The van der Waals surface area contributed by atoms with Gasteiger partial charge in [0.1, 0.15) is 17.6 Å². The molecule has 3 N–H and O–H groups in total. The minimum absolute atomic E-state index is 0.00514. The third-order valence-corrected chi connectivity index (χ3v) is 3.85. The molecule has 1 aromatic heterocycles. The minimum Gasteiger partial charge on any atom is -0.374 e. The van der Waals surface area contributed by atoms with E-state index in [9.17, 15) is 4.79 Å². The Hall–Kier alpha value is -1.40. The molecule has 0 atom stereocenters. The van der Waals surface area contributed by atoms with Gasteiger partial charge in [-0.25, -0.2) is 9.97 Å². The van der Waals surface area contributed by atoms with E-state index in [2.05, 4.69) is 15.3 Å².